The monoisotopic (exact) mass is 431 g/mol. The highest BCUT2D eigenvalue weighted by atomic mass is 32.2. The van der Waals surface area contributed by atoms with Crippen LogP contribution in [0.2, 0.25) is 19.6 Å². The van der Waals surface area contributed by atoms with Crippen molar-refractivity contribution in [2.45, 2.75) is 49.7 Å². The molecule has 0 amide bonds. The number of hydrogen-bond acceptors (Lipinski definition) is 3. The fourth-order valence-corrected chi connectivity index (χ4v) is 8.84. The number of para-hydroxylation sites is 1. The number of benzene rings is 2. The summed E-state index contributed by atoms with van der Waals surface area (Å²) in [6, 6.07) is 14.9. The SMILES string of the molecule is CCSC(Cc1cn(S(=O)(=O)c2ccc(C)cc2)c2ccccc12)[Si](C)(C)C. The first-order valence-electron chi connectivity index (χ1n) is 9.67. The van der Waals surface area contributed by atoms with Crippen LogP contribution in [0.3, 0.4) is 0 Å². The van der Waals surface area contributed by atoms with Gasteiger partial charge in [-0.05, 0) is 42.9 Å². The Kier molecular flexibility index (Phi) is 6.13. The van der Waals surface area contributed by atoms with Crippen LogP contribution in [0.4, 0.5) is 0 Å². The summed E-state index contributed by atoms with van der Waals surface area (Å²) >= 11 is 2.00. The summed E-state index contributed by atoms with van der Waals surface area (Å²) in [7, 11) is -5.00. The zero-order chi connectivity index (χ0) is 20.5. The van der Waals surface area contributed by atoms with Gasteiger partial charge in [0.15, 0.2) is 0 Å². The van der Waals surface area contributed by atoms with Crippen molar-refractivity contribution in [3.05, 3.63) is 65.9 Å². The third-order valence-electron chi connectivity index (χ3n) is 5.08. The van der Waals surface area contributed by atoms with Gasteiger partial charge in [-0.3, -0.25) is 0 Å². The number of thioether (sulfide) groups is 1. The van der Waals surface area contributed by atoms with Gasteiger partial charge in [0.05, 0.1) is 18.5 Å². The van der Waals surface area contributed by atoms with Crippen LogP contribution in [-0.4, -0.2) is 31.1 Å². The molecule has 2 aromatic carbocycles. The largest absolute Gasteiger partial charge is 0.268 e. The maximum atomic E-state index is 13.3. The molecule has 1 heterocycles. The van der Waals surface area contributed by atoms with E-state index in [1.54, 1.807) is 12.1 Å². The van der Waals surface area contributed by atoms with Gasteiger partial charge in [0, 0.05) is 16.5 Å². The molecule has 3 aromatic rings. The van der Waals surface area contributed by atoms with Crippen LogP contribution in [0.15, 0.2) is 59.6 Å². The number of hydrogen-bond donors (Lipinski definition) is 0. The lowest BCUT2D eigenvalue weighted by Crippen LogP contribution is -2.37. The van der Waals surface area contributed by atoms with Crippen LogP contribution >= 0.6 is 11.8 Å². The fourth-order valence-electron chi connectivity index (χ4n) is 3.42. The van der Waals surface area contributed by atoms with Crippen LogP contribution in [0.25, 0.3) is 10.9 Å². The van der Waals surface area contributed by atoms with Crippen molar-refractivity contribution >= 4 is 40.8 Å². The minimum Gasteiger partial charge on any atom is -0.241 e. The molecule has 0 spiro atoms. The second-order valence-corrected chi connectivity index (χ2v) is 17.4. The molecule has 150 valence electrons. The van der Waals surface area contributed by atoms with E-state index in [0.29, 0.717) is 9.77 Å². The van der Waals surface area contributed by atoms with Gasteiger partial charge in [0.2, 0.25) is 0 Å². The topological polar surface area (TPSA) is 39.1 Å². The summed E-state index contributed by atoms with van der Waals surface area (Å²) in [6.45, 7) is 11.3. The van der Waals surface area contributed by atoms with Crippen LogP contribution in [0.1, 0.15) is 18.1 Å². The maximum Gasteiger partial charge on any atom is 0.268 e. The molecule has 0 fully saturated rings. The van der Waals surface area contributed by atoms with Crippen molar-refractivity contribution in [3.63, 3.8) is 0 Å². The van der Waals surface area contributed by atoms with E-state index in [4.69, 9.17) is 0 Å². The van der Waals surface area contributed by atoms with Crippen molar-refractivity contribution in [1.29, 1.82) is 0 Å². The van der Waals surface area contributed by atoms with Gasteiger partial charge >= 0.3 is 0 Å². The van der Waals surface area contributed by atoms with Crippen LogP contribution in [0.5, 0.6) is 0 Å². The predicted molar refractivity (Wildman–Crippen MR) is 125 cm³/mol. The third-order valence-corrected chi connectivity index (χ3v) is 12.4. The normalized spacial score (nSPS) is 13.8. The molecule has 3 nitrogen and oxygen atoms in total. The van der Waals surface area contributed by atoms with E-state index >= 15 is 0 Å². The van der Waals surface area contributed by atoms with Gasteiger partial charge in [-0.25, -0.2) is 12.4 Å². The van der Waals surface area contributed by atoms with E-state index in [9.17, 15) is 8.42 Å². The zero-order valence-electron chi connectivity index (χ0n) is 17.3. The molecule has 1 aromatic heterocycles. The predicted octanol–water partition coefficient (Wildman–Crippen LogP) is 5.73. The molecule has 0 aliphatic rings. The smallest absolute Gasteiger partial charge is 0.241 e. The molecule has 0 saturated carbocycles. The highest BCUT2D eigenvalue weighted by molar-refractivity contribution is 8.01. The fraction of sp³-hybridized carbons (Fsp3) is 0.364. The van der Waals surface area contributed by atoms with E-state index in [0.717, 1.165) is 34.2 Å². The first kappa shape index (κ1) is 21.2. The number of nitrogens with zero attached hydrogens (tertiary/aromatic N) is 1. The number of fused-ring (bicyclic) bond motifs is 1. The van der Waals surface area contributed by atoms with Gasteiger partial charge in [0.1, 0.15) is 0 Å². The Hall–Kier alpha value is -1.50. The molecule has 3 rings (SSSR count). The van der Waals surface area contributed by atoms with Gasteiger partial charge in [-0.15, -0.1) is 0 Å². The quantitative estimate of drug-likeness (QED) is 0.449. The number of aromatic nitrogens is 1. The molecule has 6 heteroatoms. The van der Waals surface area contributed by atoms with Crippen molar-refractivity contribution in [3.8, 4) is 0 Å². The Balaban J connectivity index is 2.12. The van der Waals surface area contributed by atoms with E-state index in [1.807, 2.05) is 61.3 Å². The molecule has 1 atom stereocenters. The molecule has 0 bridgehead atoms. The molecule has 0 N–H and O–H groups in total. The van der Waals surface area contributed by atoms with Crippen molar-refractivity contribution in [2.75, 3.05) is 5.75 Å². The van der Waals surface area contributed by atoms with Crippen LogP contribution < -0.4 is 0 Å². The summed E-state index contributed by atoms with van der Waals surface area (Å²) in [4.78, 5) is 0.883. The average molecular weight is 432 g/mol. The lowest BCUT2D eigenvalue weighted by molar-refractivity contribution is 0.589. The Morgan fingerprint density at radius 3 is 2.29 bits per heavy atom. The lowest BCUT2D eigenvalue weighted by Gasteiger charge is -2.28. The van der Waals surface area contributed by atoms with Gasteiger partial charge in [-0.1, -0.05) is 62.5 Å². The lowest BCUT2D eigenvalue weighted by atomic mass is 10.1. The summed E-state index contributed by atoms with van der Waals surface area (Å²) in [6.07, 6.45) is 2.76. The van der Waals surface area contributed by atoms with Crippen LogP contribution in [0, 0.1) is 6.92 Å². The summed E-state index contributed by atoms with van der Waals surface area (Å²) < 4.78 is 28.2. The van der Waals surface area contributed by atoms with E-state index in [2.05, 4.69) is 26.6 Å². The van der Waals surface area contributed by atoms with Crippen LogP contribution in [-0.2, 0) is 16.4 Å². The van der Waals surface area contributed by atoms with Crippen molar-refractivity contribution < 1.29 is 8.42 Å². The van der Waals surface area contributed by atoms with E-state index < -0.39 is 18.1 Å². The van der Waals surface area contributed by atoms with Gasteiger partial charge in [-0.2, -0.15) is 11.8 Å². The molecule has 0 aliphatic heterocycles. The first-order valence-corrected chi connectivity index (χ1v) is 15.7. The molecule has 0 saturated heterocycles. The minimum atomic E-state index is -3.62. The van der Waals surface area contributed by atoms with Gasteiger partial charge in [0.25, 0.3) is 10.0 Å². The molecule has 28 heavy (non-hydrogen) atoms. The highest BCUT2D eigenvalue weighted by Gasteiger charge is 2.29. The zero-order valence-corrected chi connectivity index (χ0v) is 19.9. The maximum absolute atomic E-state index is 13.3. The van der Waals surface area contributed by atoms with Crippen molar-refractivity contribution in [1.82, 2.24) is 3.97 Å². The summed E-state index contributed by atoms with van der Waals surface area (Å²) in [5.41, 5.74) is 2.93. The van der Waals surface area contributed by atoms with Gasteiger partial charge < -0.3 is 0 Å². The molecular formula is C22H29NO2S2Si. The Morgan fingerprint density at radius 1 is 1.04 bits per heavy atom. The molecule has 1 unspecified atom stereocenters. The first-order chi connectivity index (χ1) is 13.1. The molecule has 0 radical (unpaired) electrons. The molecule has 0 aliphatic carbocycles. The third kappa shape index (κ3) is 4.24. The second kappa shape index (κ2) is 8.09. The number of aryl methyl sites for hydroxylation is 1. The summed E-state index contributed by atoms with van der Waals surface area (Å²) in [5.74, 6) is 1.08. The molecular weight excluding hydrogens is 402 g/mol. The Bertz CT molecular complexity index is 1060. The average Bonchev–Trinajstić information content (AvgIpc) is 3.00. The number of rotatable bonds is 7. The van der Waals surface area contributed by atoms with Crippen molar-refractivity contribution in [2.24, 2.45) is 0 Å². The second-order valence-electron chi connectivity index (χ2n) is 8.30. The minimum absolute atomic E-state index is 0.329. The van der Waals surface area contributed by atoms with E-state index in [-0.39, 0.29) is 0 Å². The van der Waals surface area contributed by atoms with E-state index in [1.165, 1.54) is 3.97 Å². The standard InChI is InChI=1S/C22H29NO2S2Si/c1-6-26-22(28(3,4)5)15-18-16-23(21-10-8-7-9-20(18)21)27(24,25)19-13-11-17(2)12-14-19/h7-14,16,22H,6,15H2,1-5H3. The highest BCUT2D eigenvalue weighted by Crippen LogP contribution is 2.31. The summed E-state index contributed by atoms with van der Waals surface area (Å²) in [5, 5.41) is 1.04. The Morgan fingerprint density at radius 2 is 1.68 bits per heavy atom. The Labute approximate surface area is 174 Å².